The summed E-state index contributed by atoms with van der Waals surface area (Å²) in [5.41, 5.74) is 0.939. The van der Waals surface area contributed by atoms with Gasteiger partial charge in [-0.25, -0.2) is 0 Å². The highest BCUT2D eigenvalue weighted by molar-refractivity contribution is 8.76. The second-order valence-corrected chi connectivity index (χ2v) is 11.3. The van der Waals surface area contributed by atoms with Gasteiger partial charge in [-0.1, -0.05) is 51.9 Å². The molecule has 0 aliphatic heterocycles. The van der Waals surface area contributed by atoms with Crippen molar-refractivity contribution in [2.24, 2.45) is 0 Å². The molecule has 0 saturated heterocycles. The molecule has 0 fully saturated rings. The molecule has 0 saturated carbocycles. The first kappa shape index (κ1) is 29.9. The Labute approximate surface area is 218 Å². The molecule has 1 unspecified atom stereocenters. The Morgan fingerprint density at radius 3 is 2.43 bits per heavy atom. The predicted octanol–water partition coefficient (Wildman–Crippen LogP) is 7.53. The third-order valence-electron chi connectivity index (χ3n) is 4.84. The van der Waals surface area contributed by atoms with E-state index in [4.69, 9.17) is 23.0 Å². The molecule has 0 spiro atoms. The Bertz CT molecular complexity index is 891. The number of rotatable bonds is 19. The lowest BCUT2D eigenvalue weighted by Gasteiger charge is -2.15. The predicted molar refractivity (Wildman–Crippen MR) is 149 cm³/mol. The maximum Gasteiger partial charge on any atom is 0.332 e. The van der Waals surface area contributed by atoms with Crippen LogP contribution in [0.15, 0.2) is 49.1 Å². The standard InChI is InChI=1S/C26H37O6PS2/c1-5-17-34-35-18-16-28-25-13-12-23-19-22(10-11-24(23)20-25)21(4)26(27)29-14-8-9-15-32-33(30-6-2)31-7-3/h5,10-13,19-21H,1,6-9,14-18H2,2-4H3. The van der Waals surface area contributed by atoms with E-state index in [0.29, 0.717) is 33.0 Å². The Morgan fingerprint density at radius 2 is 1.69 bits per heavy atom. The van der Waals surface area contributed by atoms with Crippen LogP contribution >= 0.6 is 30.2 Å². The number of unbranched alkanes of at least 4 members (excludes halogenated alkanes) is 1. The summed E-state index contributed by atoms with van der Waals surface area (Å²) >= 11 is 0. The minimum atomic E-state index is -1.28. The first-order chi connectivity index (χ1) is 17.1. The van der Waals surface area contributed by atoms with Gasteiger partial charge < -0.3 is 23.0 Å². The van der Waals surface area contributed by atoms with Crippen molar-refractivity contribution in [3.63, 3.8) is 0 Å². The summed E-state index contributed by atoms with van der Waals surface area (Å²) in [6.45, 7) is 12.1. The first-order valence-corrected chi connectivity index (χ1v) is 15.5. The first-order valence-electron chi connectivity index (χ1n) is 12.0. The summed E-state index contributed by atoms with van der Waals surface area (Å²) in [6, 6.07) is 12.1. The van der Waals surface area contributed by atoms with Gasteiger partial charge in [-0.15, -0.1) is 6.58 Å². The fraction of sp³-hybridized carbons (Fsp3) is 0.500. The number of benzene rings is 2. The smallest absolute Gasteiger partial charge is 0.332 e. The SMILES string of the molecule is C=CCSSCCOc1ccc2cc(C(C)C(=O)OCCCCOP(OCC)OCC)ccc2c1. The Morgan fingerprint density at radius 1 is 0.971 bits per heavy atom. The van der Waals surface area contributed by atoms with Gasteiger partial charge in [-0.3, -0.25) is 4.79 Å². The van der Waals surface area contributed by atoms with Crippen molar-refractivity contribution in [2.75, 3.05) is 44.5 Å². The average molecular weight is 541 g/mol. The molecule has 9 heteroatoms. The Hall–Kier alpha value is -1.28. The monoisotopic (exact) mass is 540 g/mol. The summed E-state index contributed by atoms with van der Waals surface area (Å²) in [5.74, 6) is 2.16. The maximum atomic E-state index is 12.5. The molecule has 0 aliphatic rings. The summed E-state index contributed by atoms with van der Waals surface area (Å²) in [6.07, 6.45) is 3.40. The number of hydrogen-bond acceptors (Lipinski definition) is 8. The zero-order valence-corrected chi connectivity index (χ0v) is 23.4. The molecule has 0 radical (unpaired) electrons. The zero-order chi connectivity index (χ0) is 25.3. The van der Waals surface area contributed by atoms with E-state index in [2.05, 4.69) is 6.58 Å². The van der Waals surface area contributed by atoms with Crippen molar-refractivity contribution in [3.05, 3.63) is 54.6 Å². The van der Waals surface area contributed by atoms with Crippen LogP contribution in [0.25, 0.3) is 10.8 Å². The van der Waals surface area contributed by atoms with E-state index in [1.807, 2.05) is 63.2 Å². The van der Waals surface area contributed by atoms with Crippen molar-refractivity contribution in [1.29, 1.82) is 0 Å². The van der Waals surface area contributed by atoms with Crippen LogP contribution in [0.3, 0.4) is 0 Å². The molecule has 0 heterocycles. The number of ether oxygens (including phenoxy) is 2. The van der Waals surface area contributed by atoms with Crippen LogP contribution in [0, 0.1) is 0 Å². The van der Waals surface area contributed by atoms with Crippen LogP contribution < -0.4 is 4.74 Å². The van der Waals surface area contributed by atoms with Gasteiger partial charge in [0, 0.05) is 11.5 Å². The molecular weight excluding hydrogens is 503 g/mol. The van der Waals surface area contributed by atoms with Crippen LogP contribution in [0.4, 0.5) is 0 Å². The molecule has 0 aromatic heterocycles. The topological polar surface area (TPSA) is 63.2 Å². The molecule has 0 aliphatic carbocycles. The average Bonchev–Trinajstić information content (AvgIpc) is 2.87. The third kappa shape index (κ3) is 11.5. The van der Waals surface area contributed by atoms with Gasteiger partial charge in [0.1, 0.15) is 5.75 Å². The van der Waals surface area contributed by atoms with E-state index in [9.17, 15) is 4.79 Å². The largest absolute Gasteiger partial charge is 0.493 e. The maximum absolute atomic E-state index is 12.5. The molecule has 0 bridgehead atoms. The quantitative estimate of drug-likeness (QED) is 0.0596. The molecule has 1 atom stereocenters. The fourth-order valence-electron chi connectivity index (χ4n) is 3.05. The molecule has 2 aromatic carbocycles. The second kappa shape index (κ2) is 18.0. The third-order valence-corrected chi connectivity index (χ3v) is 8.45. The van der Waals surface area contributed by atoms with Crippen molar-refractivity contribution in [1.82, 2.24) is 0 Å². The van der Waals surface area contributed by atoms with Gasteiger partial charge in [-0.05, 0) is 62.1 Å². The molecule has 35 heavy (non-hydrogen) atoms. The van der Waals surface area contributed by atoms with Gasteiger partial charge >= 0.3 is 14.6 Å². The van der Waals surface area contributed by atoms with Crippen molar-refractivity contribution in [2.45, 2.75) is 39.5 Å². The van der Waals surface area contributed by atoms with Gasteiger partial charge in [-0.2, -0.15) is 0 Å². The summed E-state index contributed by atoms with van der Waals surface area (Å²) < 4.78 is 27.8. The van der Waals surface area contributed by atoms with Crippen LogP contribution in [0.2, 0.25) is 0 Å². The second-order valence-electron chi connectivity index (χ2n) is 7.50. The van der Waals surface area contributed by atoms with Crippen molar-refractivity contribution >= 4 is 46.9 Å². The van der Waals surface area contributed by atoms with Crippen LogP contribution in [0.1, 0.15) is 45.1 Å². The number of hydrogen-bond donors (Lipinski definition) is 0. The summed E-state index contributed by atoms with van der Waals surface area (Å²) in [7, 11) is 2.28. The highest BCUT2D eigenvalue weighted by Crippen LogP contribution is 2.39. The Kier molecular flexibility index (Phi) is 15.4. The molecule has 0 N–H and O–H groups in total. The highest BCUT2D eigenvalue weighted by atomic mass is 33.1. The minimum absolute atomic E-state index is 0.220. The van der Waals surface area contributed by atoms with Gasteiger partial charge in [0.25, 0.3) is 0 Å². The van der Waals surface area contributed by atoms with E-state index in [1.165, 1.54) is 0 Å². The molecule has 0 amide bonds. The Balaban J connectivity index is 1.74. The van der Waals surface area contributed by atoms with Crippen LogP contribution in [-0.4, -0.2) is 50.5 Å². The van der Waals surface area contributed by atoms with Crippen molar-refractivity contribution in [3.8, 4) is 5.75 Å². The number of esters is 1. The molecule has 6 nitrogen and oxygen atoms in total. The molecular formula is C26H37O6PS2. The fourth-order valence-corrected chi connectivity index (χ4v) is 5.57. The van der Waals surface area contributed by atoms with E-state index in [0.717, 1.165) is 46.4 Å². The van der Waals surface area contributed by atoms with E-state index in [1.54, 1.807) is 21.6 Å². The van der Waals surface area contributed by atoms with Crippen LogP contribution in [-0.2, 0) is 23.1 Å². The number of fused-ring (bicyclic) bond motifs is 1. The van der Waals surface area contributed by atoms with Gasteiger partial charge in [0.05, 0.1) is 39.0 Å². The molecule has 2 aromatic rings. The summed E-state index contributed by atoms with van der Waals surface area (Å²) in [4.78, 5) is 12.5. The lowest BCUT2D eigenvalue weighted by atomic mass is 9.98. The summed E-state index contributed by atoms with van der Waals surface area (Å²) in [5, 5.41) is 2.15. The highest BCUT2D eigenvalue weighted by Gasteiger charge is 2.17. The van der Waals surface area contributed by atoms with Crippen molar-refractivity contribution < 1.29 is 27.8 Å². The normalized spacial score (nSPS) is 12.1. The lowest BCUT2D eigenvalue weighted by Crippen LogP contribution is -2.14. The van der Waals surface area contributed by atoms with E-state index in [-0.39, 0.29) is 11.9 Å². The molecule has 194 valence electrons. The van der Waals surface area contributed by atoms with Gasteiger partial charge in [0.15, 0.2) is 0 Å². The lowest BCUT2D eigenvalue weighted by molar-refractivity contribution is -0.145. The minimum Gasteiger partial charge on any atom is -0.493 e. The number of carbonyl (C=O) groups is 1. The van der Waals surface area contributed by atoms with Crippen LogP contribution in [0.5, 0.6) is 5.75 Å². The number of carbonyl (C=O) groups excluding carboxylic acids is 1. The zero-order valence-electron chi connectivity index (χ0n) is 20.9. The van der Waals surface area contributed by atoms with E-state index >= 15 is 0 Å². The van der Waals surface area contributed by atoms with E-state index < -0.39 is 8.60 Å². The molecule has 2 rings (SSSR count). The van der Waals surface area contributed by atoms with Gasteiger partial charge in [0.2, 0.25) is 0 Å².